The molecule has 1 amide bonds. The van der Waals surface area contributed by atoms with Crippen molar-refractivity contribution < 1.29 is 13.2 Å². The summed E-state index contributed by atoms with van der Waals surface area (Å²) in [5, 5.41) is 2.88. The number of rotatable bonds is 6. The Morgan fingerprint density at radius 2 is 1.72 bits per heavy atom. The molecule has 0 saturated carbocycles. The van der Waals surface area contributed by atoms with Crippen LogP contribution in [0.25, 0.3) is 0 Å². The zero-order chi connectivity index (χ0) is 21.0. The molecule has 0 aliphatic rings. The number of hydrogen-bond acceptors (Lipinski definition) is 4. The van der Waals surface area contributed by atoms with Crippen molar-refractivity contribution in [3.63, 3.8) is 0 Å². The van der Waals surface area contributed by atoms with Crippen LogP contribution >= 0.6 is 0 Å². The zero-order valence-corrected chi connectivity index (χ0v) is 17.3. The topological polar surface area (TPSA) is 88.2 Å². The minimum absolute atomic E-state index is 0.239. The van der Waals surface area contributed by atoms with Gasteiger partial charge in [0.05, 0.1) is 16.6 Å². The summed E-state index contributed by atoms with van der Waals surface area (Å²) in [6.45, 7) is 5.45. The summed E-state index contributed by atoms with van der Waals surface area (Å²) in [5.41, 5.74) is 3.12. The number of sulfonamides is 1. The number of carbonyl (C=O) groups is 1. The number of nitrogens with zero attached hydrogens (tertiary/aromatic N) is 1. The monoisotopic (exact) mass is 409 g/mol. The van der Waals surface area contributed by atoms with E-state index >= 15 is 0 Å². The van der Waals surface area contributed by atoms with E-state index in [4.69, 9.17) is 0 Å². The number of aromatic nitrogens is 1. The molecule has 3 rings (SSSR count). The first kappa shape index (κ1) is 20.5. The highest BCUT2D eigenvalue weighted by atomic mass is 32.2. The lowest BCUT2D eigenvalue weighted by atomic mass is 10.1. The summed E-state index contributed by atoms with van der Waals surface area (Å²) < 4.78 is 28.0. The summed E-state index contributed by atoms with van der Waals surface area (Å²) in [6, 6.07) is 16.9. The number of benzene rings is 2. The van der Waals surface area contributed by atoms with Crippen LogP contribution in [0, 0.1) is 13.8 Å². The van der Waals surface area contributed by atoms with Gasteiger partial charge in [-0.05, 0) is 74.4 Å². The third kappa shape index (κ3) is 5.00. The number of aryl methyl sites for hydroxylation is 2. The van der Waals surface area contributed by atoms with Gasteiger partial charge in [-0.25, -0.2) is 8.42 Å². The van der Waals surface area contributed by atoms with Crippen LogP contribution in [-0.4, -0.2) is 19.3 Å². The lowest BCUT2D eigenvalue weighted by Gasteiger charge is -2.14. The molecule has 0 unspecified atom stereocenters. The molecule has 0 radical (unpaired) electrons. The van der Waals surface area contributed by atoms with E-state index in [0.29, 0.717) is 16.8 Å². The summed E-state index contributed by atoms with van der Waals surface area (Å²) >= 11 is 0. The summed E-state index contributed by atoms with van der Waals surface area (Å²) in [4.78, 5) is 16.9. The Morgan fingerprint density at radius 1 is 1.00 bits per heavy atom. The third-order valence-electron chi connectivity index (χ3n) is 4.51. The molecule has 1 atom stereocenters. The highest BCUT2D eigenvalue weighted by Gasteiger charge is 2.18. The second-order valence-corrected chi connectivity index (χ2v) is 8.55. The van der Waals surface area contributed by atoms with Crippen LogP contribution in [0.3, 0.4) is 0 Å². The summed E-state index contributed by atoms with van der Waals surface area (Å²) in [6.07, 6.45) is 1.68. The summed E-state index contributed by atoms with van der Waals surface area (Å²) in [7, 11) is -3.71. The van der Waals surface area contributed by atoms with Crippen LogP contribution < -0.4 is 10.0 Å². The van der Waals surface area contributed by atoms with Crippen LogP contribution in [0.1, 0.15) is 40.1 Å². The first-order valence-corrected chi connectivity index (χ1v) is 10.7. The minimum Gasteiger partial charge on any atom is -0.344 e. The Labute approximate surface area is 171 Å². The predicted octanol–water partition coefficient (Wildman–Crippen LogP) is 3.99. The second kappa shape index (κ2) is 8.45. The molecule has 2 aromatic carbocycles. The molecular weight excluding hydrogens is 386 g/mol. The van der Waals surface area contributed by atoms with Gasteiger partial charge < -0.3 is 5.32 Å². The Balaban J connectivity index is 1.71. The molecule has 1 heterocycles. The van der Waals surface area contributed by atoms with E-state index in [2.05, 4.69) is 15.0 Å². The van der Waals surface area contributed by atoms with Gasteiger partial charge in [-0.15, -0.1) is 0 Å². The standard InChI is InChI=1S/C22H23N3O3S/c1-15-7-8-16(2)21(14-15)29(27,28)25-19-11-9-18(10-12-19)22(26)24-17(3)20-6-4-5-13-23-20/h4-14,17,25H,1-3H3,(H,24,26)/t17-/m0/s1. The number of carbonyl (C=O) groups excluding carboxylic acids is 1. The molecule has 1 aromatic heterocycles. The van der Waals surface area contributed by atoms with Crippen LogP contribution in [0.4, 0.5) is 5.69 Å². The van der Waals surface area contributed by atoms with Crippen molar-refractivity contribution in [2.45, 2.75) is 31.7 Å². The van der Waals surface area contributed by atoms with E-state index in [0.717, 1.165) is 11.3 Å². The molecule has 3 aromatic rings. The maximum atomic E-state index is 12.7. The molecule has 0 aliphatic heterocycles. The molecular formula is C22H23N3O3S. The van der Waals surface area contributed by atoms with Crippen molar-refractivity contribution in [1.82, 2.24) is 10.3 Å². The van der Waals surface area contributed by atoms with Crippen molar-refractivity contribution in [3.8, 4) is 0 Å². The van der Waals surface area contributed by atoms with Gasteiger partial charge in [-0.2, -0.15) is 0 Å². The Bertz CT molecular complexity index is 1110. The maximum absolute atomic E-state index is 12.7. The fraction of sp³-hybridized carbons (Fsp3) is 0.182. The van der Waals surface area contributed by atoms with Crippen molar-refractivity contribution in [1.29, 1.82) is 0 Å². The van der Waals surface area contributed by atoms with E-state index in [-0.39, 0.29) is 16.8 Å². The average molecular weight is 410 g/mol. The van der Waals surface area contributed by atoms with Gasteiger partial charge in [0.1, 0.15) is 0 Å². The van der Waals surface area contributed by atoms with Crippen LogP contribution in [0.2, 0.25) is 0 Å². The number of anilines is 1. The molecule has 7 heteroatoms. The van der Waals surface area contributed by atoms with Crippen molar-refractivity contribution in [2.75, 3.05) is 4.72 Å². The van der Waals surface area contributed by atoms with E-state index in [1.165, 1.54) is 0 Å². The number of nitrogens with one attached hydrogen (secondary N) is 2. The quantitative estimate of drug-likeness (QED) is 0.644. The van der Waals surface area contributed by atoms with Crippen LogP contribution in [0.15, 0.2) is 71.8 Å². The lowest BCUT2D eigenvalue weighted by molar-refractivity contribution is 0.0939. The molecule has 0 saturated heterocycles. The van der Waals surface area contributed by atoms with Crippen LogP contribution in [0.5, 0.6) is 0 Å². The molecule has 0 fully saturated rings. The van der Waals surface area contributed by atoms with Gasteiger partial charge in [0.2, 0.25) is 0 Å². The van der Waals surface area contributed by atoms with Gasteiger partial charge in [0.25, 0.3) is 15.9 Å². The third-order valence-corrected chi connectivity index (χ3v) is 6.03. The van der Waals surface area contributed by atoms with E-state index in [9.17, 15) is 13.2 Å². The van der Waals surface area contributed by atoms with E-state index in [1.54, 1.807) is 49.5 Å². The highest BCUT2D eigenvalue weighted by Crippen LogP contribution is 2.21. The average Bonchev–Trinajstić information content (AvgIpc) is 2.70. The van der Waals surface area contributed by atoms with Crippen molar-refractivity contribution in [2.24, 2.45) is 0 Å². The molecule has 0 bridgehead atoms. The molecule has 2 N–H and O–H groups in total. The Kier molecular flexibility index (Phi) is 5.98. The molecule has 6 nitrogen and oxygen atoms in total. The van der Waals surface area contributed by atoms with E-state index in [1.807, 2.05) is 38.1 Å². The highest BCUT2D eigenvalue weighted by molar-refractivity contribution is 7.92. The molecule has 0 aliphatic carbocycles. The minimum atomic E-state index is -3.71. The van der Waals surface area contributed by atoms with E-state index < -0.39 is 10.0 Å². The maximum Gasteiger partial charge on any atom is 0.262 e. The van der Waals surface area contributed by atoms with Crippen molar-refractivity contribution in [3.05, 3.63) is 89.2 Å². The summed E-state index contributed by atoms with van der Waals surface area (Å²) in [5.74, 6) is -0.257. The Morgan fingerprint density at radius 3 is 2.38 bits per heavy atom. The lowest BCUT2D eigenvalue weighted by Crippen LogP contribution is -2.27. The van der Waals surface area contributed by atoms with Gasteiger partial charge >= 0.3 is 0 Å². The number of pyridine rings is 1. The second-order valence-electron chi connectivity index (χ2n) is 6.90. The fourth-order valence-corrected chi connectivity index (χ4v) is 4.27. The Hall–Kier alpha value is -3.19. The first-order chi connectivity index (χ1) is 13.8. The largest absolute Gasteiger partial charge is 0.344 e. The predicted molar refractivity (Wildman–Crippen MR) is 113 cm³/mol. The molecule has 0 spiro atoms. The van der Waals surface area contributed by atoms with Gasteiger partial charge in [0, 0.05) is 17.4 Å². The zero-order valence-electron chi connectivity index (χ0n) is 16.5. The molecule has 29 heavy (non-hydrogen) atoms. The SMILES string of the molecule is Cc1ccc(C)c(S(=O)(=O)Nc2ccc(C(=O)N[C@@H](C)c3ccccn3)cc2)c1. The molecule has 150 valence electrons. The van der Waals surface area contributed by atoms with Crippen molar-refractivity contribution >= 4 is 21.6 Å². The number of hydrogen-bond donors (Lipinski definition) is 2. The number of amides is 1. The van der Waals surface area contributed by atoms with Gasteiger partial charge in [0.15, 0.2) is 0 Å². The smallest absolute Gasteiger partial charge is 0.262 e. The first-order valence-electron chi connectivity index (χ1n) is 9.18. The van der Waals surface area contributed by atoms with Crippen LogP contribution in [-0.2, 0) is 10.0 Å². The normalized spacial score (nSPS) is 12.2. The fourth-order valence-electron chi connectivity index (χ4n) is 2.88. The van der Waals surface area contributed by atoms with Gasteiger partial charge in [-0.1, -0.05) is 18.2 Å². The van der Waals surface area contributed by atoms with Gasteiger partial charge in [-0.3, -0.25) is 14.5 Å².